The molecule has 39 heavy (non-hydrogen) atoms. The Balaban J connectivity index is 1.33. The van der Waals surface area contributed by atoms with E-state index >= 15 is 0 Å². The number of oxazole rings is 1. The van der Waals surface area contributed by atoms with Crippen molar-refractivity contribution in [2.45, 2.75) is 38.0 Å². The Morgan fingerprint density at radius 3 is 2.72 bits per heavy atom. The summed E-state index contributed by atoms with van der Waals surface area (Å²) in [5.74, 6) is 1.36. The number of nitrogens with zero attached hydrogens (tertiary/aromatic N) is 4. The van der Waals surface area contributed by atoms with Crippen molar-refractivity contribution in [1.82, 2.24) is 25.1 Å². The van der Waals surface area contributed by atoms with Gasteiger partial charge in [-0.05, 0) is 72.4 Å². The number of halogens is 1. The van der Waals surface area contributed by atoms with Gasteiger partial charge in [0.05, 0.1) is 13.2 Å². The summed E-state index contributed by atoms with van der Waals surface area (Å²) in [4.78, 5) is 4.81. The fraction of sp³-hybridized carbons (Fsp3) is 0.300. The maximum absolute atomic E-state index is 14.2. The predicted octanol–water partition coefficient (Wildman–Crippen LogP) is 5.76. The Kier molecular flexibility index (Phi) is 6.85. The fourth-order valence-corrected chi connectivity index (χ4v) is 5.43. The number of aromatic nitrogens is 4. The lowest BCUT2D eigenvalue weighted by molar-refractivity contribution is 0.0847. The van der Waals surface area contributed by atoms with Crippen LogP contribution in [0.2, 0.25) is 0 Å². The summed E-state index contributed by atoms with van der Waals surface area (Å²) in [5.41, 5.74) is 5.55. The van der Waals surface area contributed by atoms with E-state index in [4.69, 9.17) is 18.9 Å². The van der Waals surface area contributed by atoms with Gasteiger partial charge in [-0.15, -0.1) is 10.2 Å². The highest BCUT2D eigenvalue weighted by molar-refractivity contribution is 5.85. The zero-order chi connectivity index (χ0) is 26.9. The lowest BCUT2D eigenvalue weighted by Gasteiger charge is -2.19. The third-order valence-corrected chi connectivity index (χ3v) is 7.41. The number of rotatable bonds is 8. The highest BCUT2D eigenvalue weighted by atomic mass is 19.1. The third kappa shape index (κ3) is 4.91. The van der Waals surface area contributed by atoms with Gasteiger partial charge < -0.3 is 23.8 Å². The van der Waals surface area contributed by atoms with Gasteiger partial charge in [0.2, 0.25) is 5.89 Å². The van der Waals surface area contributed by atoms with Crippen molar-refractivity contribution in [2.24, 2.45) is 7.05 Å². The molecule has 0 amide bonds. The van der Waals surface area contributed by atoms with E-state index in [9.17, 15) is 4.39 Å². The minimum Gasteiger partial charge on any atom is -0.493 e. The number of aryl methyl sites for hydroxylation is 1. The van der Waals surface area contributed by atoms with E-state index in [2.05, 4.69) is 15.5 Å². The van der Waals surface area contributed by atoms with Crippen LogP contribution >= 0.6 is 0 Å². The van der Waals surface area contributed by atoms with Crippen molar-refractivity contribution in [3.63, 3.8) is 0 Å². The Bertz CT molecular complexity index is 1630. The average molecular weight is 528 g/mol. The molecule has 1 N–H and O–H groups in total. The molecule has 8 nitrogen and oxygen atoms in total. The van der Waals surface area contributed by atoms with Gasteiger partial charge in [0.1, 0.15) is 17.7 Å². The lowest BCUT2D eigenvalue weighted by atomic mass is 9.97. The molecule has 0 aliphatic heterocycles. The van der Waals surface area contributed by atoms with E-state index in [1.54, 1.807) is 31.2 Å². The molecule has 3 aromatic carbocycles. The second-order valence-electron chi connectivity index (χ2n) is 9.89. The van der Waals surface area contributed by atoms with E-state index in [-0.39, 0.29) is 11.9 Å². The largest absolute Gasteiger partial charge is 0.493 e. The van der Waals surface area contributed by atoms with Crippen LogP contribution in [0.4, 0.5) is 4.39 Å². The molecule has 2 aromatic heterocycles. The first-order chi connectivity index (χ1) is 19.0. The molecule has 2 unspecified atom stereocenters. The van der Waals surface area contributed by atoms with Gasteiger partial charge in [-0.1, -0.05) is 18.2 Å². The molecule has 1 fully saturated rings. The van der Waals surface area contributed by atoms with Gasteiger partial charge in [0.25, 0.3) is 0 Å². The first-order valence-electron chi connectivity index (χ1n) is 13.0. The van der Waals surface area contributed by atoms with Crippen LogP contribution in [0.15, 0.2) is 65.3 Å². The summed E-state index contributed by atoms with van der Waals surface area (Å²) in [7, 11) is 5.24. The molecular weight excluding hydrogens is 497 g/mol. The number of hydrogen-bond acceptors (Lipinski definition) is 7. The SMILES string of the molecule is COc1cc(CNC2CCCC2OC)cc2nc(-c3cccc(-c4ccc(F)cc4-c4nncn4C)c3)oc12. The van der Waals surface area contributed by atoms with Crippen LogP contribution in [0.5, 0.6) is 5.75 Å². The van der Waals surface area contributed by atoms with Crippen molar-refractivity contribution in [3.8, 4) is 39.7 Å². The molecule has 6 rings (SSSR count). The number of nitrogens with one attached hydrogen (secondary N) is 1. The highest BCUT2D eigenvalue weighted by Gasteiger charge is 2.26. The Hall–Kier alpha value is -4.08. The summed E-state index contributed by atoms with van der Waals surface area (Å²) in [6, 6.07) is 16.9. The molecule has 2 heterocycles. The van der Waals surface area contributed by atoms with Gasteiger partial charge in [0, 0.05) is 37.9 Å². The molecule has 1 aliphatic carbocycles. The summed E-state index contributed by atoms with van der Waals surface area (Å²) >= 11 is 0. The number of benzene rings is 3. The van der Waals surface area contributed by atoms with E-state index in [0.29, 0.717) is 41.2 Å². The lowest BCUT2D eigenvalue weighted by Crippen LogP contribution is -2.36. The van der Waals surface area contributed by atoms with Crippen molar-refractivity contribution in [1.29, 1.82) is 0 Å². The van der Waals surface area contributed by atoms with Gasteiger partial charge in [0.15, 0.2) is 17.2 Å². The number of fused-ring (bicyclic) bond motifs is 1. The van der Waals surface area contributed by atoms with E-state index in [1.807, 2.05) is 43.4 Å². The zero-order valence-electron chi connectivity index (χ0n) is 22.1. The van der Waals surface area contributed by atoms with Crippen LogP contribution in [0.25, 0.3) is 45.1 Å². The molecule has 9 heteroatoms. The van der Waals surface area contributed by atoms with Crippen molar-refractivity contribution >= 4 is 11.1 Å². The smallest absolute Gasteiger partial charge is 0.227 e. The number of hydrogen-bond donors (Lipinski definition) is 1. The first-order valence-corrected chi connectivity index (χ1v) is 13.0. The maximum atomic E-state index is 14.2. The minimum atomic E-state index is -0.338. The minimum absolute atomic E-state index is 0.247. The second kappa shape index (κ2) is 10.6. The normalized spacial score (nSPS) is 17.2. The van der Waals surface area contributed by atoms with Crippen LogP contribution < -0.4 is 10.1 Å². The van der Waals surface area contributed by atoms with Crippen LogP contribution in [-0.2, 0) is 18.3 Å². The molecule has 0 bridgehead atoms. The molecule has 2 atom stereocenters. The van der Waals surface area contributed by atoms with Crippen molar-refractivity contribution < 1.29 is 18.3 Å². The average Bonchev–Trinajstić information content (AvgIpc) is 3.70. The monoisotopic (exact) mass is 527 g/mol. The highest BCUT2D eigenvalue weighted by Crippen LogP contribution is 2.36. The predicted molar refractivity (Wildman–Crippen MR) is 147 cm³/mol. The molecule has 0 spiro atoms. The fourth-order valence-electron chi connectivity index (χ4n) is 5.43. The Morgan fingerprint density at radius 1 is 1.05 bits per heavy atom. The van der Waals surface area contributed by atoms with Crippen LogP contribution in [0.1, 0.15) is 24.8 Å². The van der Waals surface area contributed by atoms with Crippen LogP contribution in [-0.4, -0.2) is 46.1 Å². The topological polar surface area (TPSA) is 87.2 Å². The van der Waals surface area contributed by atoms with Gasteiger partial charge >= 0.3 is 0 Å². The molecule has 1 aliphatic rings. The molecular formula is C30H30FN5O3. The van der Waals surface area contributed by atoms with Gasteiger partial charge in [-0.2, -0.15) is 0 Å². The van der Waals surface area contributed by atoms with Gasteiger partial charge in [-0.3, -0.25) is 0 Å². The Labute approximate surface area is 225 Å². The molecule has 5 aromatic rings. The number of methoxy groups -OCH3 is 2. The number of ether oxygens (including phenoxy) is 2. The standard InChI is InChI=1S/C30H30FN5O3/c1-36-17-33-35-29(36)23-15-21(31)10-11-22(23)19-6-4-7-20(14-19)30-34-25-12-18(13-27(38-3)28(25)39-30)16-32-24-8-5-9-26(24)37-2/h4,6-7,10-15,17,24,26,32H,5,8-9,16H2,1-3H3. The van der Waals surface area contributed by atoms with Crippen molar-refractivity contribution in [3.05, 3.63) is 72.3 Å². The van der Waals surface area contributed by atoms with Crippen molar-refractivity contribution in [2.75, 3.05) is 14.2 Å². The summed E-state index contributed by atoms with van der Waals surface area (Å²) in [5, 5.41) is 11.8. The van der Waals surface area contributed by atoms with Crippen LogP contribution in [0.3, 0.4) is 0 Å². The summed E-state index contributed by atoms with van der Waals surface area (Å²) in [6.07, 6.45) is 5.20. The Morgan fingerprint density at radius 2 is 1.92 bits per heavy atom. The van der Waals surface area contributed by atoms with Gasteiger partial charge in [-0.25, -0.2) is 9.37 Å². The van der Waals surface area contributed by atoms with E-state index in [1.165, 1.54) is 18.6 Å². The zero-order valence-corrected chi connectivity index (χ0v) is 22.1. The summed E-state index contributed by atoms with van der Waals surface area (Å²) < 4.78 is 33.5. The first kappa shape index (κ1) is 25.2. The molecule has 1 saturated carbocycles. The van der Waals surface area contributed by atoms with E-state index in [0.717, 1.165) is 40.6 Å². The molecule has 0 radical (unpaired) electrons. The maximum Gasteiger partial charge on any atom is 0.227 e. The third-order valence-electron chi connectivity index (χ3n) is 7.41. The summed E-state index contributed by atoms with van der Waals surface area (Å²) in [6.45, 7) is 0.684. The van der Waals surface area contributed by atoms with Crippen LogP contribution in [0, 0.1) is 5.82 Å². The molecule has 200 valence electrons. The quantitative estimate of drug-likeness (QED) is 0.274. The van der Waals surface area contributed by atoms with E-state index < -0.39 is 0 Å². The second-order valence-corrected chi connectivity index (χ2v) is 9.89. The molecule has 0 saturated heterocycles.